The van der Waals surface area contributed by atoms with Gasteiger partial charge >= 0.3 is 0 Å². The number of guanidine groups is 1. The minimum absolute atomic E-state index is 0.652. The van der Waals surface area contributed by atoms with Gasteiger partial charge in [-0.25, -0.2) is 0 Å². The highest BCUT2D eigenvalue weighted by Gasteiger charge is 2.01. The van der Waals surface area contributed by atoms with E-state index in [1.54, 1.807) is 14.2 Å². The quantitative estimate of drug-likeness (QED) is 0.334. The van der Waals surface area contributed by atoms with E-state index in [0.29, 0.717) is 26.4 Å². The van der Waals surface area contributed by atoms with Crippen LogP contribution in [0.2, 0.25) is 0 Å². The molecule has 2 aromatic carbocycles. The minimum atomic E-state index is 0.652. The number of rotatable bonds is 12. The molecule has 0 atom stereocenters. The summed E-state index contributed by atoms with van der Waals surface area (Å²) >= 11 is 0. The van der Waals surface area contributed by atoms with Crippen molar-refractivity contribution in [2.45, 2.75) is 19.4 Å². The molecule has 6 heteroatoms. The van der Waals surface area contributed by atoms with Gasteiger partial charge in [0.05, 0.1) is 13.2 Å². The Morgan fingerprint density at radius 1 is 0.857 bits per heavy atom. The zero-order chi connectivity index (χ0) is 19.9. The van der Waals surface area contributed by atoms with E-state index in [2.05, 4.69) is 21.7 Å². The second-order valence-electron chi connectivity index (χ2n) is 6.21. The molecule has 6 nitrogen and oxygen atoms in total. The van der Waals surface area contributed by atoms with Crippen LogP contribution in [0.4, 0.5) is 0 Å². The first-order valence-electron chi connectivity index (χ1n) is 9.65. The number of hydrogen-bond acceptors (Lipinski definition) is 4. The fraction of sp³-hybridized carbons (Fsp3) is 0.409. The van der Waals surface area contributed by atoms with Gasteiger partial charge in [-0.1, -0.05) is 30.3 Å². The SMILES string of the molecule is CN=C(NCCCOc1ccccc1)NCc1cccc(OCCCOC)c1. The van der Waals surface area contributed by atoms with Crippen LogP contribution in [0.5, 0.6) is 11.5 Å². The molecule has 0 spiro atoms. The Labute approximate surface area is 167 Å². The maximum Gasteiger partial charge on any atom is 0.191 e. The van der Waals surface area contributed by atoms with Gasteiger partial charge in [-0.05, 0) is 36.2 Å². The summed E-state index contributed by atoms with van der Waals surface area (Å²) in [7, 11) is 3.47. The molecule has 0 amide bonds. The van der Waals surface area contributed by atoms with Crippen LogP contribution in [0, 0.1) is 0 Å². The predicted octanol–water partition coefficient (Wildman–Crippen LogP) is 3.24. The molecule has 2 aromatic rings. The number of aliphatic imine (C=N–C) groups is 1. The Bertz CT molecular complexity index is 692. The molecule has 0 heterocycles. The first kappa shape index (κ1) is 21.6. The molecular formula is C22H31N3O3. The molecular weight excluding hydrogens is 354 g/mol. The summed E-state index contributed by atoms with van der Waals surface area (Å²) in [5.41, 5.74) is 1.14. The van der Waals surface area contributed by atoms with Crippen LogP contribution < -0.4 is 20.1 Å². The number of ether oxygens (including phenoxy) is 3. The molecule has 0 aliphatic heterocycles. The fourth-order valence-electron chi connectivity index (χ4n) is 2.53. The summed E-state index contributed by atoms with van der Waals surface area (Å²) in [5.74, 6) is 2.54. The topological polar surface area (TPSA) is 64.1 Å². The van der Waals surface area contributed by atoms with Crippen molar-refractivity contribution < 1.29 is 14.2 Å². The molecule has 2 N–H and O–H groups in total. The third kappa shape index (κ3) is 8.77. The molecule has 152 valence electrons. The number of nitrogens with zero attached hydrogens (tertiary/aromatic N) is 1. The largest absolute Gasteiger partial charge is 0.494 e. The van der Waals surface area contributed by atoms with E-state index in [4.69, 9.17) is 14.2 Å². The molecule has 0 fully saturated rings. The van der Waals surface area contributed by atoms with Crippen molar-refractivity contribution in [2.24, 2.45) is 4.99 Å². The lowest BCUT2D eigenvalue weighted by atomic mass is 10.2. The number of methoxy groups -OCH3 is 1. The zero-order valence-electron chi connectivity index (χ0n) is 16.8. The highest BCUT2D eigenvalue weighted by Crippen LogP contribution is 2.13. The molecule has 0 radical (unpaired) electrons. The van der Waals surface area contributed by atoms with Crippen molar-refractivity contribution in [3.63, 3.8) is 0 Å². The number of benzene rings is 2. The van der Waals surface area contributed by atoms with E-state index in [1.807, 2.05) is 48.5 Å². The van der Waals surface area contributed by atoms with Crippen LogP contribution in [-0.2, 0) is 11.3 Å². The number of nitrogens with one attached hydrogen (secondary N) is 2. The average molecular weight is 386 g/mol. The Kier molecular flexibility index (Phi) is 10.4. The lowest BCUT2D eigenvalue weighted by Crippen LogP contribution is -2.37. The lowest BCUT2D eigenvalue weighted by molar-refractivity contribution is 0.172. The van der Waals surface area contributed by atoms with Gasteiger partial charge in [-0.2, -0.15) is 0 Å². The molecule has 0 aliphatic carbocycles. The third-order valence-electron chi connectivity index (χ3n) is 3.97. The van der Waals surface area contributed by atoms with Crippen molar-refractivity contribution in [3.05, 3.63) is 60.2 Å². The van der Waals surface area contributed by atoms with E-state index in [0.717, 1.165) is 42.4 Å². The highest BCUT2D eigenvalue weighted by molar-refractivity contribution is 5.79. The summed E-state index contributed by atoms with van der Waals surface area (Å²) in [6.45, 7) is 3.49. The Balaban J connectivity index is 1.64. The van der Waals surface area contributed by atoms with Gasteiger partial charge in [0.15, 0.2) is 5.96 Å². The average Bonchev–Trinajstić information content (AvgIpc) is 2.74. The van der Waals surface area contributed by atoms with Crippen LogP contribution in [0.25, 0.3) is 0 Å². The van der Waals surface area contributed by atoms with Crippen molar-refractivity contribution >= 4 is 5.96 Å². The molecule has 0 aliphatic rings. The van der Waals surface area contributed by atoms with Gasteiger partial charge in [0.1, 0.15) is 11.5 Å². The van der Waals surface area contributed by atoms with Gasteiger partial charge in [0.25, 0.3) is 0 Å². The summed E-state index contributed by atoms with van der Waals surface area (Å²) in [6.07, 6.45) is 1.77. The monoisotopic (exact) mass is 385 g/mol. The van der Waals surface area contributed by atoms with E-state index < -0.39 is 0 Å². The van der Waals surface area contributed by atoms with Crippen LogP contribution in [0.1, 0.15) is 18.4 Å². The van der Waals surface area contributed by atoms with Crippen molar-refractivity contribution in [3.8, 4) is 11.5 Å². The van der Waals surface area contributed by atoms with Crippen molar-refractivity contribution in [2.75, 3.05) is 40.5 Å². The molecule has 0 unspecified atom stereocenters. The summed E-state index contributed by atoms with van der Waals surface area (Å²) in [4.78, 5) is 4.26. The Hall–Kier alpha value is -2.73. The standard InChI is InChI=1S/C22H31N3O3/c1-23-22(24-13-7-15-27-20-10-4-3-5-11-20)25-18-19-9-6-12-21(17-19)28-16-8-14-26-2/h3-6,9-12,17H,7-8,13-16,18H2,1-2H3,(H2,23,24,25). The summed E-state index contributed by atoms with van der Waals surface area (Å²) in [6, 6.07) is 17.9. The normalized spacial score (nSPS) is 11.1. The number of para-hydroxylation sites is 1. The lowest BCUT2D eigenvalue weighted by Gasteiger charge is -2.13. The van der Waals surface area contributed by atoms with Gasteiger partial charge in [0.2, 0.25) is 0 Å². The molecule has 0 aromatic heterocycles. The minimum Gasteiger partial charge on any atom is -0.494 e. The second-order valence-corrected chi connectivity index (χ2v) is 6.21. The summed E-state index contributed by atoms with van der Waals surface area (Å²) in [5, 5.41) is 6.62. The van der Waals surface area contributed by atoms with Crippen molar-refractivity contribution in [1.82, 2.24) is 10.6 Å². The van der Waals surface area contributed by atoms with Crippen molar-refractivity contribution in [1.29, 1.82) is 0 Å². The molecule has 0 saturated heterocycles. The Morgan fingerprint density at radius 2 is 1.61 bits per heavy atom. The van der Waals surface area contributed by atoms with Crippen LogP contribution >= 0.6 is 0 Å². The highest BCUT2D eigenvalue weighted by atomic mass is 16.5. The molecule has 0 saturated carbocycles. The second kappa shape index (κ2) is 13.4. The van der Waals surface area contributed by atoms with Crippen LogP contribution in [-0.4, -0.2) is 46.5 Å². The van der Waals surface area contributed by atoms with E-state index in [9.17, 15) is 0 Å². The Morgan fingerprint density at radius 3 is 2.39 bits per heavy atom. The van der Waals surface area contributed by atoms with Gasteiger partial charge in [-0.15, -0.1) is 0 Å². The van der Waals surface area contributed by atoms with E-state index in [-0.39, 0.29) is 0 Å². The molecule has 2 rings (SSSR count). The number of hydrogen-bond donors (Lipinski definition) is 2. The predicted molar refractivity (Wildman–Crippen MR) is 113 cm³/mol. The zero-order valence-corrected chi connectivity index (χ0v) is 16.8. The van der Waals surface area contributed by atoms with Gasteiger partial charge in [0, 0.05) is 40.3 Å². The van der Waals surface area contributed by atoms with E-state index >= 15 is 0 Å². The first-order chi connectivity index (χ1) is 13.8. The summed E-state index contributed by atoms with van der Waals surface area (Å²) < 4.78 is 16.5. The first-order valence-corrected chi connectivity index (χ1v) is 9.65. The van der Waals surface area contributed by atoms with Gasteiger partial charge < -0.3 is 24.8 Å². The van der Waals surface area contributed by atoms with Crippen LogP contribution in [0.3, 0.4) is 0 Å². The molecule has 28 heavy (non-hydrogen) atoms. The van der Waals surface area contributed by atoms with E-state index in [1.165, 1.54) is 0 Å². The fourth-order valence-corrected chi connectivity index (χ4v) is 2.53. The third-order valence-corrected chi connectivity index (χ3v) is 3.97. The van der Waals surface area contributed by atoms with Crippen LogP contribution in [0.15, 0.2) is 59.6 Å². The molecule has 0 bridgehead atoms. The maximum absolute atomic E-state index is 5.74. The maximum atomic E-state index is 5.74. The van der Waals surface area contributed by atoms with Gasteiger partial charge in [-0.3, -0.25) is 4.99 Å². The smallest absolute Gasteiger partial charge is 0.191 e.